The van der Waals surface area contributed by atoms with Crippen LogP contribution in [0.2, 0.25) is 0 Å². The van der Waals surface area contributed by atoms with Crippen LogP contribution < -0.4 is 11.1 Å². The van der Waals surface area contributed by atoms with Crippen LogP contribution in [0.1, 0.15) is 15.9 Å². The van der Waals surface area contributed by atoms with E-state index in [0.29, 0.717) is 24.3 Å². The van der Waals surface area contributed by atoms with Crippen molar-refractivity contribution in [3.05, 3.63) is 47.9 Å². The Labute approximate surface area is 121 Å². The summed E-state index contributed by atoms with van der Waals surface area (Å²) >= 11 is 0. The molecule has 0 saturated carbocycles. The molecule has 0 radical (unpaired) electrons. The predicted molar refractivity (Wildman–Crippen MR) is 82.0 cm³/mol. The Bertz CT molecular complexity index is 786. The van der Waals surface area contributed by atoms with Gasteiger partial charge >= 0.3 is 0 Å². The Kier molecular flexibility index (Phi) is 3.35. The van der Waals surface area contributed by atoms with Crippen LogP contribution in [-0.4, -0.2) is 27.2 Å². The number of hydrogen-bond acceptors (Lipinski definition) is 3. The molecule has 3 aromatic rings. The smallest absolute Gasteiger partial charge is 0.253 e. The van der Waals surface area contributed by atoms with Gasteiger partial charge in [-0.15, -0.1) is 0 Å². The van der Waals surface area contributed by atoms with E-state index in [4.69, 9.17) is 5.73 Å². The fraction of sp³-hybridized carbons (Fsp3) is 0.200. The number of aromatic nitrogens is 3. The summed E-state index contributed by atoms with van der Waals surface area (Å²) in [5.41, 5.74) is 9.03. The molecule has 0 aliphatic carbocycles. The van der Waals surface area contributed by atoms with Crippen LogP contribution in [-0.2, 0) is 6.54 Å². The third-order valence-corrected chi connectivity index (χ3v) is 3.34. The molecule has 1 amide bonds. The first-order valence-electron chi connectivity index (χ1n) is 6.77. The van der Waals surface area contributed by atoms with Crippen molar-refractivity contribution < 1.29 is 4.79 Å². The van der Waals surface area contributed by atoms with Crippen molar-refractivity contribution in [2.45, 2.75) is 13.5 Å². The van der Waals surface area contributed by atoms with E-state index in [1.165, 1.54) is 0 Å². The number of carbonyl (C=O) groups is 1. The number of nitrogens with zero attached hydrogens (tertiary/aromatic N) is 2. The van der Waals surface area contributed by atoms with Crippen molar-refractivity contribution in [1.82, 2.24) is 20.1 Å². The lowest BCUT2D eigenvalue weighted by molar-refractivity contribution is 0.0953. The van der Waals surface area contributed by atoms with Gasteiger partial charge in [0.15, 0.2) is 0 Å². The van der Waals surface area contributed by atoms with E-state index >= 15 is 0 Å². The molecule has 2 heterocycles. The van der Waals surface area contributed by atoms with Crippen molar-refractivity contribution in [3.63, 3.8) is 0 Å². The highest BCUT2D eigenvalue weighted by Crippen LogP contribution is 2.20. The van der Waals surface area contributed by atoms with Gasteiger partial charge in [0.1, 0.15) is 0 Å². The molecule has 108 valence electrons. The summed E-state index contributed by atoms with van der Waals surface area (Å²) in [5.74, 6) is -0.115. The molecule has 0 bridgehead atoms. The normalized spacial score (nSPS) is 10.9. The molecule has 2 aromatic heterocycles. The minimum absolute atomic E-state index is 0.115. The lowest BCUT2D eigenvalue weighted by Gasteiger charge is -2.05. The number of nitrogens with two attached hydrogens (primary N) is 1. The summed E-state index contributed by atoms with van der Waals surface area (Å²) in [6.45, 7) is 3.15. The van der Waals surface area contributed by atoms with Crippen LogP contribution in [0.15, 0.2) is 36.8 Å². The molecular weight excluding hydrogens is 266 g/mol. The highest BCUT2D eigenvalue weighted by Gasteiger charge is 2.11. The highest BCUT2D eigenvalue weighted by atomic mass is 16.1. The summed E-state index contributed by atoms with van der Waals surface area (Å²) < 4.78 is 1.81. The van der Waals surface area contributed by atoms with E-state index < -0.39 is 0 Å². The monoisotopic (exact) mass is 283 g/mol. The number of aromatic amines is 1. The summed E-state index contributed by atoms with van der Waals surface area (Å²) in [5, 5.41) is 7.91. The van der Waals surface area contributed by atoms with E-state index in [1.807, 2.05) is 23.9 Å². The molecule has 6 heteroatoms. The van der Waals surface area contributed by atoms with Crippen LogP contribution in [0.5, 0.6) is 0 Å². The topological polar surface area (TPSA) is 88.7 Å². The molecule has 3 rings (SSSR count). The fourth-order valence-electron chi connectivity index (χ4n) is 2.29. The van der Waals surface area contributed by atoms with Gasteiger partial charge in [-0.05, 0) is 30.7 Å². The van der Waals surface area contributed by atoms with E-state index in [9.17, 15) is 4.79 Å². The molecule has 0 aliphatic heterocycles. The van der Waals surface area contributed by atoms with Gasteiger partial charge in [0.05, 0.1) is 18.3 Å². The number of amides is 1. The first-order valence-corrected chi connectivity index (χ1v) is 6.77. The summed E-state index contributed by atoms with van der Waals surface area (Å²) in [7, 11) is 0. The average molecular weight is 283 g/mol. The maximum absolute atomic E-state index is 12.2. The molecule has 0 unspecified atom stereocenters. The van der Waals surface area contributed by atoms with Gasteiger partial charge in [-0.25, -0.2) is 0 Å². The fourth-order valence-corrected chi connectivity index (χ4v) is 2.29. The van der Waals surface area contributed by atoms with Gasteiger partial charge in [-0.2, -0.15) is 5.10 Å². The number of rotatable bonds is 4. The molecule has 0 aliphatic rings. The van der Waals surface area contributed by atoms with E-state index in [-0.39, 0.29) is 5.91 Å². The largest absolute Gasteiger partial charge is 0.399 e. The lowest BCUT2D eigenvalue weighted by atomic mass is 10.1. The second kappa shape index (κ2) is 5.32. The Morgan fingerprint density at radius 1 is 1.48 bits per heavy atom. The number of anilines is 1. The SMILES string of the molecule is Cc1cnn(CCNC(=O)c2c[nH]c3ccc(N)cc23)c1. The number of hydrogen-bond donors (Lipinski definition) is 3. The van der Waals surface area contributed by atoms with Gasteiger partial charge in [0.25, 0.3) is 5.91 Å². The van der Waals surface area contributed by atoms with Crippen molar-refractivity contribution in [1.29, 1.82) is 0 Å². The van der Waals surface area contributed by atoms with Gasteiger partial charge in [-0.1, -0.05) is 0 Å². The number of nitrogen functional groups attached to an aromatic ring is 1. The van der Waals surface area contributed by atoms with Crippen LogP contribution >= 0.6 is 0 Å². The molecule has 1 aromatic carbocycles. The zero-order valence-electron chi connectivity index (χ0n) is 11.8. The number of aryl methyl sites for hydroxylation is 1. The minimum Gasteiger partial charge on any atom is -0.399 e. The number of fused-ring (bicyclic) bond motifs is 1. The molecule has 0 fully saturated rings. The average Bonchev–Trinajstić information content (AvgIpc) is 3.04. The summed E-state index contributed by atoms with van der Waals surface area (Å²) in [6, 6.07) is 5.48. The Hall–Kier alpha value is -2.76. The molecule has 0 saturated heterocycles. The first kappa shape index (κ1) is 13.2. The quantitative estimate of drug-likeness (QED) is 0.636. The van der Waals surface area contributed by atoms with Crippen molar-refractivity contribution in [2.75, 3.05) is 12.3 Å². The van der Waals surface area contributed by atoms with Crippen LogP contribution in [0.3, 0.4) is 0 Å². The Balaban J connectivity index is 1.68. The number of carbonyl (C=O) groups excluding carboxylic acids is 1. The summed E-state index contributed by atoms with van der Waals surface area (Å²) in [4.78, 5) is 15.3. The second-order valence-electron chi connectivity index (χ2n) is 5.04. The maximum Gasteiger partial charge on any atom is 0.253 e. The molecule has 21 heavy (non-hydrogen) atoms. The third-order valence-electron chi connectivity index (χ3n) is 3.34. The molecule has 6 nitrogen and oxygen atoms in total. The second-order valence-corrected chi connectivity index (χ2v) is 5.04. The number of H-pyrrole nitrogens is 1. The van der Waals surface area contributed by atoms with Crippen LogP contribution in [0.4, 0.5) is 5.69 Å². The lowest BCUT2D eigenvalue weighted by Crippen LogP contribution is -2.27. The predicted octanol–water partition coefficient (Wildman–Crippen LogP) is 1.69. The maximum atomic E-state index is 12.2. The molecular formula is C15H17N5O. The Morgan fingerprint density at radius 3 is 3.10 bits per heavy atom. The zero-order chi connectivity index (χ0) is 14.8. The van der Waals surface area contributed by atoms with Crippen LogP contribution in [0, 0.1) is 6.92 Å². The van der Waals surface area contributed by atoms with Gasteiger partial charge in [0, 0.05) is 35.5 Å². The summed E-state index contributed by atoms with van der Waals surface area (Å²) in [6.07, 6.45) is 5.44. The third kappa shape index (κ3) is 2.74. The van der Waals surface area contributed by atoms with E-state index in [1.54, 1.807) is 24.5 Å². The van der Waals surface area contributed by atoms with Gasteiger partial charge < -0.3 is 16.0 Å². The van der Waals surface area contributed by atoms with E-state index in [0.717, 1.165) is 16.5 Å². The first-order chi connectivity index (χ1) is 10.1. The van der Waals surface area contributed by atoms with Gasteiger partial charge in [-0.3, -0.25) is 9.48 Å². The standard InChI is InChI=1S/C15H17N5O/c1-10-7-19-20(9-10)5-4-17-15(21)13-8-18-14-3-2-11(16)6-12(13)14/h2-3,6-9,18H,4-5,16H2,1H3,(H,17,21). The van der Waals surface area contributed by atoms with Gasteiger partial charge in [0.2, 0.25) is 0 Å². The molecule has 0 spiro atoms. The minimum atomic E-state index is -0.115. The van der Waals surface area contributed by atoms with Crippen LogP contribution in [0.25, 0.3) is 10.9 Å². The highest BCUT2D eigenvalue weighted by molar-refractivity contribution is 6.07. The zero-order valence-corrected chi connectivity index (χ0v) is 11.8. The molecule has 0 atom stereocenters. The van der Waals surface area contributed by atoms with Crippen molar-refractivity contribution in [2.24, 2.45) is 0 Å². The Morgan fingerprint density at radius 2 is 2.33 bits per heavy atom. The van der Waals surface area contributed by atoms with Crippen molar-refractivity contribution >= 4 is 22.5 Å². The van der Waals surface area contributed by atoms with Crippen molar-refractivity contribution in [3.8, 4) is 0 Å². The molecule has 4 N–H and O–H groups in total. The number of benzene rings is 1. The van der Waals surface area contributed by atoms with E-state index in [2.05, 4.69) is 15.4 Å². The number of nitrogens with one attached hydrogen (secondary N) is 2.